The average Bonchev–Trinajstić information content (AvgIpc) is 2.68. The highest BCUT2D eigenvalue weighted by molar-refractivity contribution is 5.95. The van der Waals surface area contributed by atoms with E-state index in [2.05, 4.69) is 30.5 Å². The molecule has 0 saturated heterocycles. The quantitative estimate of drug-likeness (QED) is 0.510. The topological polar surface area (TPSA) is 50.4 Å². The summed E-state index contributed by atoms with van der Waals surface area (Å²) in [6.07, 6.45) is 5.64. The van der Waals surface area contributed by atoms with Crippen LogP contribution in [0.2, 0.25) is 0 Å². The van der Waals surface area contributed by atoms with Gasteiger partial charge in [0.1, 0.15) is 5.75 Å². The first-order valence-corrected chi connectivity index (χ1v) is 9.99. The van der Waals surface area contributed by atoms with Crippen molar-refractivity contribution in [2.24, 2.45) is 0 Å². The second-order valence-electron chi connectivity index (χ2n) is 6.80. The number of rotatable bonds is 11. The lowest BCUT2D eigenvalue weighted by molar-refractivity contribution is -0.114. The largest absolute Gasteiger partial charge is 0.494 e. The van der Waals surface area contributed by atoms with Crippen LogP contribution in [0.15, 0.2) is 42.5 Å². The van der Waals surface area contributed by atoms with E-state index in [1.54, 1.807) is 0 Å². The molecule has 2 aromatic rings. The molecule has 2 rings (SSSR count). The van der Waals surface area contributed by atoms with Crippen LogP contribution in [0.3, 0.4) is 0 Å². The molecule has 2 N–H and O–H groups in total. The molecular formula is C23H32N2O2. The van der Waals surface area contributed by atoms with Crippen LogP contribution in [0, 0.1) is 6.92 Å². The summed E-state index contributed by atoms with van der Waals surface area (Å²) in [6, 6.07) is 13.9. The van der Waals surface area contributed by atoms with Gasteiger partial charge in [-0.25, -0.2) is 0 Å². The van der Waals surface area contributed by atoms with E-state index in [4.69, 9.17) is 4.74 Å². The SMILES string of the molecule is CCCCCCOc1cccc(NCC(=O)Nc2c(C)cccc2CC)c1. The van der Waals surface area contributed by atoms with Crippen LogP contribution in [0.25, 0.3) is 0 Å². The van der Waals surface area contributed by atoms with Gasteiger partial charge in [-0.15, -0.1) is 0 Å². The Morgan fingerprint density at radius 3 is 2.63 bits per heavy atom. The Bertz CT molecular complexity index is 728. The summed E-state index contributed by atoms with van der Waals surface area (Å²) in [7, 11) is 0. The predicted octanol–water partition coefficient (Wildman–Crippen LogP) is 5.57. The summed E-state index contributed by atoms with van der Waals surface area (Å²) >= 11 is 0. The summed E-state index contributed by atoms with van der Waals surface area (Å²) in [4.78, 5) is 12.4. The van der Waals surface area contributed by atoms with Gasteiger partial charge in [0.25, 0.3) is 0 Å². The van der Waals surface area contributed by atoms with Crippen LogP contribution in [0.5, 0.6) is 5.75 Å². The highest BCUT2D eigenvalue weighted by Gasteiger charge is 2.08. The van der Waals surface area contributed by atoms with Crippen LogP contribution < -0.4 is 15.4 Å². The molecule has 2 aromatic carbocycles. The van der Waals surface area contributed by atoms with Gasteiger partial charge in [-0.1, -0.05) is 57.4 Å². The fourth-order valence-corrected chi connectivity index (χ4v) is 2.98. The number of nitrogens with one attached hydrogen (secondary N) is 2. The van der Waals surface area contributed by atoms with Gasteiger partial charge in [-0.05, 0) is 43.0 Å². The maximum absolute atomic E-state index is 12.4. The molecule has 0 unspecified atom stereocenters. The van der Waals surface area contributed by atoms with Crippen LogP contribution in [-0.4, -0.2) is 19.1 Å². The highest BCUT2D eigenvalue weighted by atomic mass is 16.5. The molecule has 0 atom stereocenters. The molecule has 146 valence electrons. The van der Waals surface area contributed by atoms with E-state index in [9.17, 15) is 4.79 Å². The molecule has 0 saturated carbocycles. The number of hydrogen-bond donors (Lipinski definition) is 2. The Balaban J connectivity index is 1.84. The molecule has 1 amide bonds. The van der Waals surface area contributed by atoms with Crippen molar-refractivity contribution >= 4 is 17.3 Å². The zero-order chi connectivity index (χ0) is 19.5. The normalized spacial score (nSPS) is 10.5. The van der Waals surface area contributed by atoms with Crippen LogP contribution >= 0.6 is 0 Å². The number of anilines is 2. The fraction of sp³-hybridized carbons (Fsp3) is 0.435. The second kappa shape index (κ2) is 11.3. The Kier molecular flexibility index (Phi) is 8.69. The maximum atomic E-state index is 12.4. The zero-order valence-corrected chi connectivity index (χ0v) is 16.8. The van der Waals surface area contributed by atoms with Gasteiger partial charge in [-0.2, -0.15) is 0 Å². The number of unbranched alkanes of at least 4 members (excludes halogenated alkanes) is 3. The molecule has 0 aliphatic carbocycles. The van der Waals surface area contributed by atoms with E-state index in [1.165, 1.54) is 19.3 Å². The number of ether oxygens (including phenoxy) is 1. The number of hydrogen-bond acceptors (Lipinski definition) is 3. The first-order chi connectivity index (χ1) is 13.1. The molecule has 0 spiro atoms. The molecule has 0 heterocycles. The third kappa shape index (κ3) is 6.97. The third-order valence-corrected chi connectivity index (χ3v) is 4.56. The molecule has 0 aromatic heterocycles. The molecule has 27 heavy (non-hydrogen) atoms. The highest BCUT2D eigenvalue weighted by Crippen LogP contribution is 2.21. The monoisotopic (exact) mass is 368 g/mol. The molecule has 0 bridgehead atoms. The van der Waals surface area contributed by atoms with Crippen molar-refractivity contribution in [3.63, 3.8) is 0 Å². The van der Waals surface area contributed by atoms with Crippen LogP contribution in [0.4, 0.5) is 11.4 Å². The van der Waals surface area contributed by atoms with Crippen molar-refractivity contribution in [2.45, 2.75) is 52.9 Å². The van der Waals surface area contributed by atoms with Crippen LogP contribution in [-0.2, 0) is 11.2 Å². The average molecular weight is 369 g/mol. The lowest BCUT2D eigenvalue weighted by Crippen LogP contribution is -2.22. The third-order valence-electron chi connectivity index (χ3n) is 4.56. The summed E-state index contributed by atoms with van der Waals surface area (Å²) in [6.45, 7) is 7.27. The molecular weight excluding hydrogens is 336 g/mol. The van der Waals surface area contributed by atoms with Crippen molar-refractivity contribution < 1.29 is 9.53 Å². The molecule has 0 aliphatic rings. The van der Waals surface area contributed by atoms with Crippen molar-refractivity contribution in [2.75, 3.05) is 23.8 Å². The van der Waals surface area contributed by atoms with E-state index in [1.807, 2.05) is 43.3 Å². The van der Waals surface area contributed by atoms with Crippen molar-refractivity contribution in [3.8, 4) is 5.75 Å². The van der Waals surface area contributed by atoms with Gasteiger partial charge in [-0.3, -0.25) is 4.79 Å². The standard InChI is InChI=1S/C23H32N2O2/c1-4-6-7-8-15-27-21-14-10-13-20(16-21)24-17-22(26)25-23-18(3)11-9-12-19(23)5-2/h9-14,16,24H,4-8,15,17H2,1-3H3,(H,25,26). The Morgan fingerprint density at radius 1 is 1.04 bits per heavy atom. The smallest absolute Gasteiger partial charge is 0.243 e. The predicted molar refractivity (Wildman–Crippen MR) is 114 cm³/mol. The number of carbonyl (C=O) groups is 1. The van der Waals surface area contributed by atoms with Crippen molar-refractivity contribution in [1.29, 1.82) is 0 Å². The Hall–Kier alpha value is -2.49. The Labute approximate surface area is 163 Å². The maximum Gasteiger partial charge on any atom is 0.243 e. The van der Waals surface area contributed by atoms with Gasteiger partial charge in [0.2, 0.25) is 5.91 Å². The van der Waals surface area contributed by atoms with Gasteiger partial charge in [0.15, 0.2) is 0 Å². The first-order valence-electron chi connectivity index (χ1n) is 9.99. The number of amides is 1. The zero-order valence-electron chi connectivity index (χ0n) is 16.8. The molecule has 0 fully saturated rings. The minimum Gasteiger partial charge on any atom is -0.494 e. The van der Waals surface area contributed by atoms with Gasteiger partial charge in [0, 0.05) is 17.4 Å². The van der Waals surface area contributed by atoms with E-state index in [0.29, 0.717) is 0 Å². The summed E-state index contributed by atoms with van der Waals surface area (Å²) in [5, 5.41) is 6.22. The fourth-order valence-electron chi connectivity index (χ4n) is 2.98. The van der Waals surface area contributed by atoms with Crippen molar-refractivity contribution in [1.82, 2.24) is 0 Å². The number of carbonyl (C=O) groups excluding carboxylic acids is 1. The molecule has 0 aliphatic heterocycles. The first kappa shape index (κ1) is 20.8. The Morgan fingerprint density at radius 2 is 1.85 bits per heavy atom. The van der Waals surface area contributed by atoms with E-state index in [0.717, 1.165) is 47.7 Å². The summed E-state index contributed by atoms with van der Waals surface area (Å²) in [5.74, 6) is 0.786. The van der Waals surface area contributed by atoms with E-state index in [-0.39, 0.29) is 12.5 Å². The molecule has 4 heteroatoms. The van der Waals surface area contributed by atoms with E-state index < -0.39 is 0 Å². The minimum atomic E-state index is -0.0510. The lowest BCUT2D eigenvalue weighted by Gasteiger charge is -2.14. The van der Waals surface area contributed by atoms with Gasteiger partial charge < -0.3 is 15.4 Å². The number of para-hydroxylation sites is 1. The van der Waals surface area contributed by atoms with Crippen LogP contribution in [0.1, 0.15) is 50.7 Å². The molecule has 4 nitrogen and oxygen atoms in total. The summed E-state index contributed by atoms with van der Waals surface area (Å²) in [5.41, 5.74) is 4.05. The second-order valence-corrected chi connectivity index (χ2v) is 6.80. The summed E-state index contributed by atoms with van der Waals surface area (Å²) < 4.78 is 5.80. The van der Waals surface area contributed by atoms with Gasteiger partial charge >= 0.3 is 0 Å². The number of aryl methyl sites for hydroxylation is 2. The lowest BCUT2D eigenvalue weighted by atomic mass is 10.1. The van der Waals surface area contributed by atoms with E-state index >= 15 is 0 Å². The van der Waals surface area contributed by atoms with Gasteiger partial charge in [0.05, 0.1) is 13.2 Å². The van der Waals surface area contributed by atoms with Crippen molar-refractivity contribution in [3.05, 3.63) is 53.6 Å². The minimum absolute atomic E-state index is 0.0510. The number of benzene rings is 2. The molecule has 0 radical (unpaired) electrons.